The molecule has 1 fully saturated rings. The highest BCUT2D eigenvalue weighted by Gasteiger charge is 2.37. The lowest BCUT2D eigenvalue weighted by Crippen LogP contribution is -2.32. The predicted octanol–water partition coefficient (Wildman–Crippen LogP) is 2.23. The van der Waals surface area contributed by atoms with Crippen LogP contribution in [0.3, 0.4) is 0 Å². The van der Waals surface area contributed by atoms with E-state index in [-0.39, 0.29) is 12.5 Å². The van der Waals surface area contributed by atoms with Gasteiger partial charge in [-0.3, -0.25) is 9.69 Å². The molecular formula is C19H17N3O3. The largest absolute Gasteiger partial charge is 0.495 e. The number of carbonyl (C=O) groups excluding carboxylic acids is 2. The minimum Gasteiger partial charge on any atom is -0.495 e. The van der Waals surface area contributed by atoms with Crippen LogP contribution in [0.2, 0.25) is 0 Å². The number of nitrogens with zero attached hydrogens (tertiary/aromatic N) is 2. The Labute approximate surface area is 145 Å². The number of nitrogens with one attached hydrogen (secondary N) is 1. The van der Waals surface area contributed by atoms with E-state index in [1.807, 2.05) is 36.4 Å². The van der Waals surface area contributed by atoms with Crippen LogP contribution in [0.25, 0.3) is 0 Å². The Morgan fingerprint density at radius 3 is 2.60 bits per heavy atom. The van der Waals surface area contributed by atoms with Gasteiger partial charge in [0.2, 0.25) is 0 Å². The van der Waals surface area contributed by atoms with Crippen LogP contribution in [0.4, 0.5) is 4.79 Å². The third-order valence-electron chi connectivity index (χ3n) is 4.11. The number of ether oxygens (including phenoxy) is 1. The summed E-state index contributed by atoms with van der Waals surface area (Å²) in [4.78, 5) is 25.9. The van der Waals surface area contributed by atoms with Gasteiger partial charge in [0, 0.05) is 6.42 Å². The van der Waals surface area contributed by atoms with Crippen LogP contribution in [0.15, 0.2) is 48.5 Å². The van der Waals surface area contributed by atoms with Gasteiger partial charge < -0.3 is 10.1 Å². The molecule has 0 bridgehead atoms. The Kier molecular flexibility index (Phi) is 4.66. The quantitative estimate of drug-likeness (QED) is 0.850. The molecule has 1 saturated heterocycles. The minimum absolute atomic E-state index is 0.120. The maximum atomic E-state index is 12.6. The average molecular weight is 335 g/mol. The molecule has 126 valence electrons. The Balaban J connectivity index is 1.74. The molecule has 1 unspecified atom stereocenters. The predicted molar refractivity (Wildman–Crippen MR) is 90.7 cm³/mol. The van der Waals surface area contributed by atoms with Gasteiger partial charge in [-0.1, -0.05) is 36.4 Å². The van der Waals surface area contributed by atoms with E-state index in [9.17, 15) is 9.59 Å². The summed E-state index contributed by atoms with van der Waals surface area (Å²) >= 11 is 0. The Bertz CT molecular complexity index is 843. The molecule has 1 aliphatic heterocycles. The maximum Gasteiger partial charge on any atom is 0.325 e. The van der Waals surface area contributed by atoms with Crippen LogP contribution < -0.4 is 10.1 Å². The van der Waals surface area contributed by atoms with E-state index >= 15 is 0 Å². The fourth-order valence-corrected chi connectivity index (χ4v) is 2.84. The molecule has 3 amide bonds. The van der Waals surface area contributed by atoms with Gasteiger partial charge in [-0.15, -0.1) is 0 Å². The molecule has 0 aromatic heterocycles. The highest BCUT2D eigenvalue weighted by atomic mass is 16.5. The van der Waals surface area contributed by atoms with E-state index in [1.165, 1.54) is 12.0 Å². The number of carbonyl (C=O) groups is 2. The normalized spacial score (nSPS) is 16.5. The molecule has 0 spiro atoms. The standard InChI is InChI=1S/C19H17N3O3/c1-25-17-8-7-14(9-15(17)11-20)12-22-18(23)16(21-19(22)24)10-13-5-3-2-4-6-13/h2-9,16H,10,12H2,1H3,(H,21,24). The fourth-order valence-electron chi connectivity index (χ4n) is 2.84. The number of benzene rings is 2. The highest BCUT2D eigenvalue weighted by Crippen LogP contribution is 2.21. The third kappa shape index (κ3) is 3.45. The van der Waals surface area contributed by atoms with Crippen LogP contribution in [-0.4, -0.2) is 30.0 Å². The molecule has 2 aromatic rings. The van der Waals surface area contributed by atoms with Gasteiger partial charge in [0.1, 0.15) is 17.9 Å². The lowest BCUT2D eigenvalue weighted by atomic mass is 10.1. The van der Waals surface area contributed by atoms with Crippen LogP contribution >= 0.6 is 0 Å². The van der Waals surface area contributed by atoms with Crippen molar-refractivity contribution in [1.82, 2.24) is 10.2 Å². The van der Waals surface area contributed by atoms with E-state index in [2.05, 4.69) is 5.32 Å². The monoisotopic (exact) mass is 335 g/mol. The number of methoxy groups -OCH3 is 1. The number of hydrogen-bond donors (Lipinski definition) is 1. The lowest BCUT2D eigenvalue weighted by Gasteiger charge is -2.14. The van der Waals surface area contributed by atoms with Gasteiger partial charge in [0.15, 0.2) is 0 Å². The summed E-state index contributed by atoms with van der Waals surface area (Å²) < 4.78 is 5.10. The van der Waals surface area contributed by atoms with Crippen LogP contribution in [0.1, 0.15) is 16.7 Å². The van der Waals surface area contributed by atoms with Crippen molar-refractivity contribution in [3.05, 3.63) is 65.2 Å². The molecule has 6 nitrogen and oxygen atoms in total. The molecule has 2 aromatic carbocycles. The van der Waals surface area contributed by atoms with Crippen molar-refractivity contribution in [3.8, 4) is 11.8 Å². The van der Waals surface area contributed by atoms with E-state index < -0.39 is 12.1 Å². The number of amides is 3. The first-order valence-corrected chi connectivity index (χ1v) is 7.85. The maximum absolute atomic E-state index is 12.6. The van der Waals surface area contributed by atoms with Crippen molar-refractivity contribution < 1.29 is 14.3 Å². The first kappa shape index (κ1) is 16.5. The van der Waals surface area contributed by atoms with Gasteiger partial charge in [0.25, 0.3) is 5.91 Å². The van der Waals surface area contributed by atoms with E-state index in [0.29, 0.717) is 23.3 Å². The molecular weight excluding hydrogens is 318 g/mol. The summed E-state index contributed by atoms with van der Waals surface area (Å²) in [6.45, 7) is 0.120. The second-order valence-corrected chi connectivity index (χ2v) is 5.76. The Morgan fingerprint density at radius 2 is 1.92 bits per heavy atom. The zero-order valence-corrected chi connectivity index (χ0v) is 13.7. The van der Waals surface area contributed by atoms with Crippen molar-refractivity contribution in [2.24, 2.45) is 0 Å². The first-order valence-electron chi connectivity index (χ1n) is 7.85. The van der Waals surface area contributed by atoms with E-state index in [0.717, 1.165) is 5.56 Å². The second-order valence-electron chi connectivity index (χ2n) is 5.76. The number of urea groups is 1. The summed E-state index contributed by atoms with van der Waals surface area (Å²) in [6.07, 6.45) is 0.452. The third-order valence-corrected chi connectivity index (χ3v) is 4.11. The lowest BCUT2D eigenvalue weighted by molar-refractivity contribution is -0.127. The smallest absolute Gasteiger partial charge is 0.325 e. The topological polar surface area (TPSA) is 82.4 Å². The molecule has 0 aliphatic carbocycles. The molecule has 1 N–H and O–H groups in total. The van der Waals surface area contributed by atoms with Gasteiger partial charge in [-0.2, -0.15) is 5.26 Å². The van der Waals surface area contributed by atoms with Crippen LogP contribution in [0.5, 0.6) is 5.75 Å². The average Bonchev–Trinajstić information content (AvgIpc) is 2.90. The van der Waals surface area contributed by atoms with Crippen molar-refractivity contribution in [1.29, 1.82) is 5.26 Å². The number of rotatable bonds is 5. The minimum atomic E-state index is -0.566. The summed E-state index contributed by atoms with van der Waals surface area (Å²) in [5.41, 5.74) is 2.05. The van der Waals surface area contributed by atoms with Crippen molar-refractivity contribution in [2.75, 3.05) is 7.11 Å². The molecule has 6 heteroatoms. The molecule has 3 rings (SSSR count). The molecule has 1 atom stereocenters. The summed E-state index contributed by atoms with van der Waals surface area (Å²) in [7, 11) is 1.49. The molecule has 1 aliphatic rings. The molecule has 1 heterocycles. The van der Waals surface area contributed by atoms with Gasteiger partial charge in [-0.05, 0) is 23.3 Å². The highest BCUT2D eigenvalue weighted by molar-refractivity contribution is 6.04. The van der Waals surface area contributed by atoms with Crippen molar-refractivity contribution in [3.63, 3.8) is 0 Å². The summed E-state index contributed by atoms with van der Waals surface area (Å²) in [6, 6.07) is 15.6. The van der Waals surface area contributed by atoms with Crippen molar-refractivity contribution >= 4 is 11.9 Å². The zero-order valence-electron chi connectivity index (χ0n) is 13.7. The van der Waals surface area contributed by atoms with Gasteiger partial charge in [0.05, 0.1) is 19.2 Å². The first-order chi connectivity index (χ1) is 12.1. The van der Waals surface area contributed by atoms with Gasteiger partial charge in [-0.25, -0.2) is 4.79 Å². The molecule has 25 heavy (non-hydrogen) atoms. The summed E-state index contributed by atoms with van der Waals surface area (Å²) in [5.74, 6) is 0.202. The van der Waals surface area contributed by atoms with Crippen LogP contribution in [-0.2, 0) is 17.8 Å². The number of hydrogen-bond acceptors (Lipinski definition) is 4. The van der Waals surface area contributed by atoms with Crippen molar-refractivity contribution in [2.45, 2.75) is 19.0 Å². The SMILES string of the molecule is COc1ccc(CN2C(=O)NC(Cc3ccccc3)C2=O)cc1C#N. The Morgan fingerprint density at radius 1 is 1.16 bits per heavy atom. The van der Waals surface area contributed by atoms with Gasteiger partial charge >= 0.3 is 6.03 Å². The van der Waals surface area contributed by atoms with E-state index in [1.54, 1.807) is 18.2 Å². The zero-order chi connectivity index (χ0) is 17.8. The molecule has 0 radical (unpaired) electrons. The Hall–Kier alpha value is -3.33. The van der Waals surface area contributed by atoms with Crippen LogP contribution in [0, 0.1) is 11.3 Å². The fraction of sp³-hybridized carbons (Fsp3) is 0.211. The number of imide groups is 1. The van der Waals surface area contributed by atoms with E-state index in [4.69, 9.17) is 10.00 Å². The molecule has 0 saturated carbocycles. The summed E-state index contributed by atoms with van der Waals surface area (Å²) in [5, 5.41) is 11.9. The second kappa shape index (κ2) is 7.05. The number of nitriles is 1.